The van der Waals surface area contributed by atoms with Gasteiger partial charge in [-0.15, -0.1) is 0 Å². The van der Waals surface area contributed by atoms with Gasteiger partial charge in [-0.1, -0.05) is 20.8 Å². The van der Waals surface area contributed by atoms with Crippen molar-refractivity contribution in [2.75, 3.05) is 13.2 Å². The van der Waals surface area contributed by atoms with Gasteiger partial charge in [0.2, 0.25) is 0 Å². The zero-order valence-electron chi connectivity index (χ0n) is 11.0. The molecule has 0 bridgehead atoms. The molecule has 0 aromatic rings. The summed E-state index contributed by atoms with van der Waals surface area (Å²) in [7, 11) is 0. The predicted molar refractivity (Wildman–Crippen MR) is 63.4 cm³/mol. The highest BCUT2D eigenvalue weighted by Gasteiger charge is 2.68. The van der Waals surface area contributed by atoms with Gasteiger partial charge in [0, 0.05) is 12.8 Å². The monoisotopic (exact) mass is 238 g/mol. The van der Waals surface area contributed by atoms with E-state index in [2.05, 4.69) is 20.8 Å². The van der Waals surface area contributed by atoms with Crippen LogP contribution in [0.1, 0.15) is 40.0 Å². The van der Waals surface area contributed by atoms with E-state index in [0.29, 0.717) is 37.3 Å². The van der Waals surface area contributed by atoms with Crippen LogP contribution in [0.3, 0.4) is 0 Å². The third-order valence-corrected chi connectivity index (χ3v) is 5.26. The summed E-state index contributed by atoms with van der Waals surface area (Å²) >= 11 is 0. The molecule has 3 atom stereocenters. The number of carbonyl (C=O) groups excluding carboxylic acids is 1. The summed E-state index contributed by atoms with van der Waals surface area (Å²) in [6.07, 6.45) is 2.62. The Labute approximate surface area is 103 Å². The van der Waals surface area contributed by atoms with Crippen molar-refractivity contribution < 1.29 is 14.3 Å². The lowest BCUT2D eigenvalue weighted by atomic mass is 9.71. The number of ketones is 1. The Hall–Kier alpha value is -0.410. The molecule has 0 radical (unpaired) electrons. The van der Waals surface area contributed by atoms with Gasteiger partial charge in [0.15, 0.2) is 5.79 Å². The van der Waals surface area contributed by atoms with E-state index < -0.39 is 5.79 Å². The summed E-state index contributed by atoms with van der Waals surface area (Å²) < 4.78 is 11.8. The van der Waals surface area contributed by atoms with Crippen molar-refractivity contribution in [2.45, 2.75) is 45.8 Å². The van der Waals surface area contributed by atoms with Crippen LogP contribution in [0, 0.1) is 23.2 Å². The summed E-state index contributed by atoms with van der Waals surface area (Å²) in [6.45, 7) is 8.07. The number of carbonyl (C=O) groups is 1. The Kier molecular flexibility index (Phi) is 2.43. The third-order valence-electron chi connectivity index (χ3n) is 5.26. The van der Waals surface area contributed by atoms with E-state index in [1.54, 1.807) is 0 Å². The van der Waals surface area contributed by atoms with Crippen molar-refractivity contribution in [1.29, 1.82) is 0 Å². The number of ether oxygens (including phenoxy) is 2. The molecule has 1 aliphatic heterocycles. The normalized spacial score (nSPS) is 43.9. The average molecular weight is 238 g/mol. The molecule has 3 fully saturated rings. The Bertz CT molecular complexity index is 341. The van der Waals surface area contributed by atoms with Crippen LogP contribution in [-0.2, 0) is 14.3 Å². The maximum atomic E-state index is 12.2. The number of fused-ring (bicyclic) bond motifs is 2. The first-order valence-electron chi connectivity index (χ1n) is 6.80. The maximum Gasteiger partial charge on any atom is 0.178 e. The minimum absolute atomic E-state index is 0.0232. The Morgan fingerprint density at radius 2 is 1.94 bits per heavy atom. The van der Waals surface area contributed by atoms with Gasteiger partial charge in [0.25, 0.3) is 0 Å². The highest BCUT2D eigenvalue weighted by Crippen LogP contribution is 2.63. The molecule has 2 aliphatic carbocycles. The van der Waals surface area contributed by atoms with E-state index in [-0.39, 0.29) is 11.3 Å². The van der Waals surface area contributed by atoms with Crippen molar-refractivity contribution in [1.82, 2.24) is 0 Å². The zero-order chi connectivity index (χ0) is 12.3. The van der Waals surface area contributed by atoms with Crippen LogP contribution in [0.4, 0.5) is 0 Å². The molecule has 0 aromatic carbocycles. The lowest BCUT2D eigenvalue weighted by molar-refractivity contribution is -0.190. The molecule has 17 heavy (non-hydrogen) atoms. The molecule has 1 spiro atoms. The summed E-state index contributed by atoms with van der Waals surface area (Å²) in [5, 5.41) is 0. The fraction of sp³-hybridized carbons (Fsp3) is 0.929. The summed E-state index contributed by atoms with van der Waals surface area (Å²) in [6, 6.07) is 0. The lowest BCUT2D eigenvalue weighted by Crippen LogP contribution is -2.41. The van der Waals surface area contributed by atoms with Crippen LogP contribution >= 0.6 is 0 Å². The Morgan fingerprint density at radius 1 is 1.29 bits per heavy atom. The second-order valence-electron chi connectivity index (χ2n) is 6.47. The predicted octanol–water partition coefficient (Wildman–Crippen LogP) is 2.39. The molecule has 3 aliphatic rings. The van der Waals surface area contributed by atoms with Gasteiger partial charge < -0.3 is 9.47 Å². The Morgan fingerprint density at radius 3 is 2.53 bits per heavy atom. The largest absolute Gasteiger partial charge is 0.347 e. The first-order valence-corrected chi connectivity index (χ1v) is 6.80. The third kappa shape index (κ3) is 1.39. The van der Waals surface area contributed by atoms with E-state index in [4.69, 9.17) is 9.47 Å². The molecule has 2 saturated carbocycles. The van der Waals surface area contributed by atoms with E-state index in [1.165, 1.54) is 0 Å². The average Bonchev–Trinajstić information content (AvgIpc) is 2.88. The molecule has 0 amide bonds. The first kappa shape index (κ1) is 11.7. The molecule has 1 saturated heterocycles. The quantitative estimate of drug-likeness (QED) is 0.703. The van der Waals surface area contributed by atoms with Crippen LogP contribution in [0.2, 0.25) is 0 Å². The molecule has 1 heterocycles. The van der Waals surface area contributed by atoms with E-state index >= 15 is 0 Å². The van der Waals surface area contributed by atoms with Crippen LogP contribution in [0.25, 0.3) is 0 Å². The summed E-state index contributed by atoms with van der Waals surface area (Å²) in [5.74, 6) is 0.886. The van der Waals surface area contributed by atoms with Crippen molar-refractivity contribution in [3.8, 4) is 0 Å². The number of rotatable bonds is 1. The molecule has 3 rings (SSSR count). The van der Waals surface area contributed by atoms with E-state index in [1.807, 2.05) is 0 Å². The molecule has 3 nitrogen and oxygen atoms in total. The van der Waals surface area contributed by atoms with Crippen molar-refractivity contribution >= 4 is 5.78 Å². The minimum Gasteiger partial charge on any atom is -0.347 e. The number of hydrogen-bond donors (Lipinski definition) is 0. The van der Waals surface area contributed by atoms with Crippen LogP contribution in [0.15, 0.2) is 0 Å². The number of Topliss-reactive ketones (excluding diaryl/α,β-unsaturated/α-hetero) is 1. The van der Waals surface area contributed by atoms with Crippen molar-refractivity contribution in [3.63, 3.8) is 0 Å². The van der Waals surface area contributed by atoms with Crippen molar-refractivity contribution in [2.24, 2.45) is 23.2 Å². The molecule has 0 aromatic heterocycles. The van der Waals surface area contributed by atoms with Crippen molar-refractivity contribution in [3.05, 3.63) is 0 Å². The smallest absolute Gasteiger partial charge is 0.178 e. The first-order chi connectivity index (χ1) is 8.00. The molecule has 0 unspecified atom stereocenters. The molecular formula is C14H22O3. The van der Waals surface area contributed by atoms with E-state index in [9.17, 15) is 4.79 Å². The Balaban J connectivity index is 2.02. The SMILES string of the molecule is CC(C)[C@H]1CC2(OCCO2)[C@@H]2C(=O)CC[C@]12C. The molecule has 3 heteroatoms. The van der Waals surface area contributed by atoms with Gasteiger partial charge in [-0.25, -0.2) is 0 Å². The highest BCUT2D eigenvalue weighted by molar-refractivity contribution is 5.86. The van der Waals surface area contributed by atoms with Gasteiger partial charge >= 0.3 is 0 Å². The highest BCUT2D eigenvalue weighted by atomic mass is 16.7. The second-order valence-corrected chi connectivity index (χ2v) is 6.47. The van der Waals surface area contributed by atoms with Gasteiger partial charge in [0.05, 0.1) is 19.1 Å². The fourth-order valence-electron chi connectivity index (χ4n) is 4.61. The summed E-state index contributed by atoms with van der Waals surface area (Å²) in [5.41, 5.74) is 0.0928. The van der Waals surface area contributed by atoms with Gasteiger partial charge in [-0.2, -0.15) is 0 Å². The van der Waals surface area contributed by atoms with Crippen LogP contribution in [-0.4, -0.2) is 24.8 Å². The molecule has 96 valence electrons. The van der Waals surface area contributed by atoms with Gasteiger partial charge in [-0.05, 0) is 23.7 Å². The zero-order valence-corrected chi connectivity index (χ0v) is 11.0. The van der Waals surface area contributed by atoms with Crippen LogP contribution < -0.4 is 0 Å². The minimum atomic E-state index is -0.572. The topological polar surface area (TPSA) is 35.5 Å². The standard InChI is InChI=1S/C14H22O3/c1-9(2)10-8-14(16-6-7-17-14)12-11(15)4-5-13(10,12)3/h9-10,12H,4-8H2,1-3H3/t10-,12-,13-/m1/s1. The fourth-order valence-corrected chi connectivity index (χ4v) is 4.61. The molecular weight excluding hydrogens is 216 g/mol. The summed E-state index contributed by atoms with van der Waals surface area (Å²) in [4.78, 5) is 12.2. The van der Waals surface area contributed by atoms with Crippen LogP contribution in [0.5, 0.6) is 0 Å². The number of hydrogen-bond acceptors (Lipinski definition) is 3. The van der Waals surface area contributed by atoms with Gasteiger partial charge in [-0.3, -0.25) is 4.79 Å². The van der Waals surface area contributed by atoms with E-state index in [0.717, 1.165) is 12.8 Å². The maximum absolute atomic E-state index is 12.2. The molecule has 0 N–H and O–H groups in total. The second kappa shape index (κ2) is 3.55. The lowest BCUT2D eigenvalue weighted by Gasteiger charge is -2.34. The van der Waals surface area contributed by atoms with Gasteiger partial charge in [0.1, 0.15) is 5.78 Å².